The zero-order chi connectivity index (χ0) is 20.0. The molecule has 1 aliphatic heterocycles. The van der Waals surface area contributed by atoms with E-state index in [9.17, 15) is 9.59 Å². The number of aromatic amines is 1. The summed E-state index contributed by atoms with van der Waals surface area (Å²) in [7, 11) is 2.11. The molecule has 0 bridgehead atoms. The SMILES string of the molecule is CCN(CC)C(=O)NC1C[C@@H]2c3cccc4[nH]c(C(N)=O)c(c34)C[C@H]2N(C)C1. The molecule has 3 atom stereocenters. The molecule has 3 amide bonds. The lowest BCUT2D eigenvalue weighted by Crippen LogP contribution is -2.56. The second kappa shape index (κ2) is 7.13. The molecule has 1 aromatic heterocycles. The second-order valence-corrected chi connectivity index (χ2v) is 7.98. The monoisotopic (exact) mass is 383 g/mol. The van der Waals surface area contributed by atoms with Gasteiger partial charge in [-0.2, -0.15) is 0 Å². The van der Waals surface area contributed by atoms with E-state index in [0.29, 0.717) is 30.7 Å². The Labute approximate surface area is 165 Å². The number of hydrogen-bond donors (Lipinski definition) is 3. The predicted octanol–water partition coefficient (Wildman–Crippen LogP) is 2.03. The number of H-pyrrole nitrogens is 1. The number of rotatable bonds is 4. The number of hydrogen-bond acceptors (Lipinski definition) is 3. The van der Waals surface area contributed by atoms with Crippen molar-refractivity contribution in [3.05, 3.63) is 35.0 Å². The van der Waals surface area contributed by atoms with Crippen molar-refractivity contribution in [1.82, 2.24) is 20.1 Å². The van der Waals surface area contributed by atoms with E-state index in [0.717, 1.165) is 35.9 Å². The van der Waals surface area contributed by atoms with E-state index < -0.39 is 5.91 Å². The van der Waals surface area contributed by atoms with Crippen LogP contribution in [0.3, 0.4) is 0 Å². The zero-order valence-electron chi connectivity index (χ0n) is 16.8. The number of primary amides is 1. The molecule has 1 saturated heterocycles. The van der Waals surface area contributed by atoms with Gasteiger partial charge in [-0.3, -0.25) is 4.79 Å². The van der Waals surface area contributed by atoms with Gasteiger partial charge >= 0.3 is 6.03 Å². The van der Waals surface area contributed by atoms with Crippen molar-refractivity contribution < 1.29 is 9.59 Å². The average molecular weight is 383 g/mol. The molecule has 2 aliphatic rings. The average Bonchev–Trinajstić information content (AvgIpc) is 3.04. The highest BCUT2D eigenvalue weighted by molar-refractivity contribution is 6.02. The van der Waals surface area contributed by atoms with Crippen LogP contribution in [0.25, 0.3) is 10.9 Å². The number of likely N-dealkylation sites (N-methyl/N-ethyl adjacent to an activating group) is 1. The molecule has 2 heterocycles. The first-order valence-electron chi connectivity index (χ1n) is 10.1. The minimum absolute atomic E-state index is 0.00853. The van der Waals surface area contributed by atoms with Gasteiger partial charge in [0.2, 0.25) is 0 Å². The van der Waals surface area contributed by atoms with Crippen LogP contribution in [0.4, 0.5) is 4.79 Å². The number of piperidine rings is 1. The summed E-state index contributed by atoms with van der Waals surface area (Å²) in [5.74, 6) is -0.0908. The van der Waals surface area contributed by atoms with Crippen LogP contribution >= 0.6 is 0 Å². The lowest BCUT2D eigenvalue weighted by Gasteiger charge is -2.46. The van der Waals surface area contributed by atoms with E-state index in [1.807, 2.05) is 30.9 Å². The van der Waals surface area contributed by atoms with Crippen LogP contribution in [-0.2, 0) is 6.42 Å². The summed E-state index contributed by atoms with van der Waals surface area (Å²) < 4.78 is 0. The van der Waals surface area contributed by atoms with Crippen molar-refractivity contribution in [3.63, 3.8) is 0 Å². The molecule has 1 aliphatic carbocycles. The van der Waals surface area contributed by atoms with Gasteiger partial charge in [-0.15, -0.1) is 0 Å². The highest BCUT2D eigenvalue weighted by Gasteiger charge is 2.41. The summed E-state index contributed by atoms with van der Waals surface area (Å²) in [6, 6.07) is 6.60. The fourth-order valence-corrected chi connectivity index (χ4v) is 5.12. The van der Waals surface area contributed by atoms with E-state index in [2.05, 4.69) is 28.3 Å². The third-order valence-electron chi connectivity index (χ3n) is 6.47. The Hall–Kier alpha value is -2.54. The van der Waals surface area contributed by atoms with Crippen LogP contribution in [0.1, 0.15) is 47.8 Å². The maximum Gasteiger partial charge on any atom is 0.317 e. The second-order valence-electron chi connectivity index (χ2n) is 7.98. The number of nitrogens with zero attached hydrogens (tertiary/aromatic N) is 2. The number of amides is 3. The molecule has 150 valence electrons. The highest BCUT2D eigenvalue weighted by Crippen LogP contribution is 2.44. The quantitative estimate of drug-likeness (QED) is 0.754. The number of benzene rings is 1. The van der Waals surface area contributed by atoms with Gasteiger partial charge in [-0.1, -0.05) is 12.1 Å². The van der Waals surface area contributed by atoms with E-state index in [-0.39, 0.29) is 12.1 Å². The summed E-state index contributed by atoms with van der Waals surface area (Å²) >= 11 is 0. The molecule has 7 heteroatoms. The first-order valence-corrected chi connectivity index (χ1v) is 10.1. The zero-order valence-corrected chi connectivity index (χ0v) is 16.8. The first kappa shape index (κ1) is 18.8. The number of fused-ring (bicyclic) bond motifs is 2. The lowest BCUT2D eigenvalue weighted by atomic mass is 9.73. The normalized spacial score (nSPS) is 24.0. The van der Waals surface area contributed by atoms with Crippen molar-refractivity contribution >= 4 is 22.8 Å². The summed E-state index contributed by atoms with van der Waals surface area (Å²) in [5, 5.41) is 4.37. The summed E-state index contributed by atoms with van der Waals surface area (Å²) in [5.41, 5.74) is 9.42. The fraction of sp³-hybridized carbons (Fsp3) is 0.524. The number of nitrogens with two attached hydrogens (primary N) is 1. The lowest BCUT2D eigenvalue weighted by molar-refractivity contribution is 0.0991. The van der Waals surface area contributed by atoms with Crippen LogP contribution in [0.5, 0.6) is 0 Å². The van der Waals surface area contributed by atoms with Crippen molar-refractivity contribution in [2.24, 2.45) is 5.73 Å². The van der Waals surface area contributed by atoms with E-state index in [4.69, 9.17) is 5.73 Å². The number of carbonyl (C=O) groups excluding carboxylic acids is 2. The van der Waals surface area contributed by atoms with Gasteiger partial charge < -0.3 is 25.8 Å². The summed E-state index contributed by atoms with van der Waals surface area (Å²) in [4.78, 5) is 31.9. The number of aromatic nitrogens is 1. The largest absolute Gasteiger partial charge is 0.364 e. The molecule has 7 nitrogen and oxygen atoms in total. The molecule has 2 aromatic rings. The molecule has 28 heavy (non-hydrogen) atoms. The maximum atomic E-state index is 12.5. The molecule has 1 aromatic carbocycles. The molecule has 1 fully saturated rings. The number of likely N-dealkylation sites (tertiary alicyclic amines) is 1. The van der Waals surface area contributed by atoms with Gasteiger partial charge in [0.15, 0.2) is 0 Å². The minimum atomic E-state index is -0.404. The molecule has 0 radical (unpaired) electrons. The van der Waals surface area contributed by atoms with E-state index in [1.54, 1.807) is 0 Å². The topological polar surface area (TPSA) is 94.5 Å². The van der Waals surface area contributed by atoms with Crippen molar-refractivity contribution in [3.8, 4) is 0 Å². The van der Waals surface area contributed by atoms with Crippen LogP contribution in [0.15, 0.2) is 18.2 Å². The van der Waals surface area contributed by atoms with Crippen LogP contribution in [0.2, 0.25) is 0 Å². The summed E-state index contributed by atoms with van der Waals surface area (Å²) in [6.07, 6.45) is 1.70. The highest BCUT2D eigenvalue weighted by atomic mass is 16.2. The Morgan fingerprint density at radius 2 is 2.07 bits per heavy atom. The minimum Gasteiger partial charge on any atom is -0.364 e. The molecular weight excluding hydrogens is 354 g/mol. The molecule has 1 unspecified atom stereocenters. The molecular formula is C21H29N5O2. The van der Waals surface area contributed by atoms with E-state index in [1.165, 1.54) is 5.56 Å². The van der Waals surface area contributed by atoms with Gasteiger partial charge in [0.25, 0.3) is 5.91 Å². The van der Waals surface area contributed by atoms with Gasteiger partial charge in [-0.05, 0) is 50.9 Å². The molecule has 4 rings (SSSR count). The van der Waals surface area contributed by atoms with Crippen LogP contribution in [0, 0.1) is 0 Å². The molecule has 4 N–H and O–H groups in total. The molecule has 0 spiro atoms. The number of urea groups is 1. The predicted molar refractivity (Wildman–Crippen MR) is 110 cm³/mol. The van der Waals surface area contributed by atoms with Crippen LogP contribution < -0.4 is 11.1 Å². The van der Waals surface area contributed by atoms with Gasteiger partial charge in [0.1, 0.15) is 5.69 Å². The smallest absolute Gasteiger partial charge is 0.317 e. The Morgan fingerprint density at radius 1 is 1.32 bits per heavy atom. The van der Waals surface area contributed by atoms with Crippen molar-refractivity contribution in [2.45, 2.75) is 44.7 Å². The third-order valence-corrected chi connectivity index (χ3v) is 6.47. The standard InChI is InChI=1S/C21H29N5O2/c1-4-26(5-2)21(28)23-12-9-14-13-7-6-8-16-18(13)15(19(24-16)20(22)27)10-17(14)25(3)11-12/h6-8,12,14,17,24H,4-5,9-11H2,1-3H3,(H2,22,27)(H,23,28)/t12?,14-,17-/m1/s1. The Morgan fingerprint density at radius 3 is 2.75 bits per heavy atom. The first-order chi connectivity index (χ1) is 13.4. The Kier molecular flexibility index (Phi) is 4.79. The van der Waals surface area contributed by atoms with E-state index >= 15 is 0 Å². The fourth-order valence-electron chi connectivity index (χ4n) is 5.12. The Balaban J connectivity index is 1.67. The summed E-state index contributed by atoms with van der Waals surface area (Å²) in [6.45, 7) is 6.21. The molecule has 0 saturated carbocycles. The maximum absolute atomic E-state index is 12.5. The Bertz CT molecular complexity index is 917. The van der Waals surface area contributed by atoms with Crippen molar-refractivity contribution in [2.75, 3.05) is 26.7 Å². The third kappa shape index (κ3) is 2.94. The number of nitrogens with one attached hydrogen (secondary N) is 2. The van der Waals surface area contributed by atoms with Gasteiger partial charge in [0, 0.05) is 48.5 Å². The van der Waals surface area contributed by atoms with Gasteiger partial charge in [0.05, 0.1) is 0 Å². The van der Waals surface area contributed by atoms with Crippen LogP contribution in [-0.4, -0.2) is 65.5 Å². The van der Waals surface area contributed by atoms with Gasteiger partial charge in [-0.25, -0.2) is 4.79 Å². The van der Waals surface area contributed by atoms with Crippen molar-refractivity contribution in [1.29, 1.82) is 0 Å². The number of carbonyl (C=O) groups is 2.